The van der Waals surface area contributed by atoms with E-state index in [9.17, 15) is 5.11 Å². The van der Waals surface area contributed by atoms with Gasteiger partial charge in [0.1, 0.15) is 0 Å². The average molecular weight is 411 g/mol. The van der Waals surface area contributed by atoms with Crippen LogP contribution < -0.4 is 0 Å². The number of rotatable bonds is 2. The summed E-state index contributed by atoms with van der Waals surface area (Å²) in [6.45, 7) is 4.70. The van der Waals surface area contributed by atoms with Crippen molar-refractivity contribution in [2.24, 2.45) is 40.9 Å². The molecular weight excluding hydrogens is 376 g/mol. The van der Waals surface area contributed by atoms with Gasteiger partial charge in [0.2, 0.25) is 0 Å². The van der Waals surface area contributed by atoms with E-state index < -0.39 is 0 Å². The van der Waals surface area contributed by atoms with Gasteiger partial charge in [-0.15, -0.1) is 0 Å². The van der Waals surface area contributed by atoms with Crippen molar-refractivity contribution in [1.29, 1.82) is 0 Å². The molecule has 10 unspecified atom stereocenters. The van der Waals surface area contributed by atoms with Gasteiger partial charge in [0.05, 0.1) is 17.8 Å². The highest BCUT2D eigenvalue weighted by Crippen LogP contribution is 2.66. The van der Waals surface area contributed by atoms with Crippen molar-refractivity contribution in [3.05, 3.63) is 0 Å². The van der Waals surface area contributed by atoms with Crippen LogP contribution in [-0.2, 0) is 4.74 Å². The topological polar surface area (TPSA) is 32.8 Å². The Hall–Kier alpha value is 0.400. The molecule has 0 spiro atoms. The fraction of sp³-hybridized carbons (Fsp3) is 1.00. The monoisotopic (exact) mass is 410 g/mol. The maximum atomic E-state index is 10.5. The summed E-state index contributed by atoms with van der Waals surface area (Å²) >= 11 is 3.63. The second kappa shape index (κ2) is 5.95. The van der Waals surface area contributed by atoms with Gasteiger partial charge in [0.15, 0.2) is 0 Å². The Kier molecular flexibility index (Phi) is 4.16. The number of aliphatic hydroxyl groups is 1. The molecule has 10 atom stereocenters. The molecule has 0 amide bonds. The van der Waals surface area contributed by atoms with Crippen molar-refractivity contribution < 1.29 is 9.84 Å². The van der Waals surface area contributed by atoms with Crippen LogP contribution >= 0.6 is 15.9 Å². The first kappa shape index (κ1) is 17.5. The lowest BCUT2D eigenvalue weighted by molar-refractivity contribution is -0.101. The second-order valence-electron chi connectivity index (χ2n) is 10.7. The fourth-order valence-electron chi connectivity index (χ4n) is 8.30. The minimum absolute atomic E-state index is 0.385. The van der Waals surface area contributed by atoms with Gasteiger partial charge in [-0.3, -0.25) is 0 Å². The largest absolute Gasteiger partial charge is 0.390 e. The molecule has 5 aliphatic rings. The van der Waals surface area contributed by atoms with E-state index in [1.165, 1.54) is 44.9 Å². The Morgan fingerprint density at radius 3 is 2.44 bits per heavy atom. The van der Waals surface area contributed by atoms with Crippen LogP contribution in [-0.4, -0.2) is 28.2 Å². The molecule has 5 rings (SSSR count). The summed E-state index contributed by atoms with van der Waals surface area (Å²) in [7, 11) is 0. The molecule has 1 N–H and O–H groups in total. The van der Waals surface area contributed by atoms with E-state index in [-0.39, 0.29) is 5.60 Å². The van der Waals surface area contributed by atoms with Crippen LogP contribution in [0.5, 0.6) is 0 Å². The number of epoxide rings is 1. The molecule has 1 heterocycles. The third kappa shape index (κ3) is 2.70. The van der Waals surface area contributed by atoms with Crippen molar-refractivity contribution in [2.45, 2.75) is 89.4 Å². The number of hydrogen-bond donors (Lipinski definition) is 1. The predicted octanol–water partition coefficient (Wildman–Crippen LogP) is 5.17. The normalized spacial score (nSPS) is 60.5. The molecule has 5 fully saturated rings. The van der Waals surface area contributed by atoms with Gasteiger partial charge < -0.3 is 9.84 Å². The molecule has 0 bridgehead atoms. The van der Waals surface area contributed by atoms with Crippen LogP contribution in [0.15, 0.2) is 0 Å². The highest BCUT2D eigenvalue weighted by molar-refractivity contribution is 9.09. The Labute approximate surface area is 161 Å². The molecular formula is C22H35BrO2. The zero-order valence-electron chi connectivity index (χ0n) is 15.9. The smallest absolute Gasteiger partial charge is 0.0941 e. The first-order chi connectivity index (χ1) is 11.9. The molecule has 1 aliphatic heterocycles. The summed E-state index contributed by atoms with van der Waals surface area (Å²) in [5.74, 6) is 5.39. The Morgan fingerprint density at radius 2 is 1.68 bits per heavy atom. The summed E-state index contributed by atoms with van der Waals surface area (Å²) in [5.41, 5.74) is 0.152. The van der Waals surface area contributed by atoms with Crippen molar-refractivity contribution in [2.75, 3.05) is 5.33 Å². The number of hydrogen-bond acceptors (Lipinski definition) is 2. The summed E-state index contributed by atoms with van der Waals surface area (Å²) in [6.07, 6.45) is 13.0. The standard InChI is InChI=1S/C22H35BrO2/c1-21(24)9-7-14-13(11-21)3-4-16-15(14)8-10-22(2)17(16)5-6-18(22)20-19(12-23)25-20/h13-20,24H,3-12H2,1-2H3. The molecule has 0 aromatic heterocycles. The van der Waals surface area contributed by atoms with Crippen LogP contribution in [0.2, 0.25) is 0 Å². The highest BCUT2D eigenvalue weighted by atomic mass is 79.9. The van der Waals surface area contributed by atoms with Crippen LogP contribution in [0.4, 0.5) is 0 Å². The summed E-state index contributed by atoms with van der Waals surface area (Å²) in [5, 5.41) is 11.6. The molecule has 142 valence electrons. The zero-order chi connectivity index (χ0) is 17.4. The molecule has 0 aromatic rings. The molecule has 4 aliphatic carbocycles. The molecule has 2 nitrogen and oxygen atoms in total. The SMILES string of the molecule is CC1(O)CCC2C(CCC3C2CCC2(C)C3CCC2C2OC2CBr)C1. The fourth-order valence-corrected chi connectivity index (χ4v) is 8.82. The van der Waals surface area contributed by atoms with Gasteiger partial charge in [0, 0.05) is 5.33 Å². The van der Waals surface area contributed by atoms with Crippen LogP contribution in [0.25, 0.3) is 0 Å². The van der Waals surface area contributed by atoms with Crippen LogP contribution in [0.1, 0.15) is 71.6 Å². The van der Waals surface area contributed by atoms with E-state index in [1.807, 2.05) is 0 Å². The Morgan fingerprint density at radius 1 is 0.920 bits per heavy atom. The summed E-state index contributed by atoms with van der Waals surface area (Å²) in [4.78, 5) is 0. The number of alkyl halides is 1. The lowest BCUT2D eigenvalue weighted by Gasteiger charge is -2.57. The van der Waals surface area contributed by atoms with E-state index in [1.54, 1.807) is 0 Å². The minimum atomic E-state index is -0.385. The Bertz CT molecular complexity index is 534. The molecule has 4 saturated carbocycles. The molecule has 1 saturated heterocycles. The van der Waals surface area contributed by atoms with Gasteiger partial charge in [-0.1, -0.05) is 22.9 Å². The minimum Gasteiger partial charge on any atom is -0.390 e. The van der Waals surface area contributed by atoms with E-state index in [0.717, 1.165) is 53.7 Å². The van der Waals surface area contributed by atoms with E-state index >= 15 is 0 Å². The predicted molar refractivity (Wildman–Crippen MR) is 104 cm³/mol. The zero-order valence-corrected chi connectivity index (χ0v) is 17.5. The van der Waals surface area contributed by atoms with Crippen molar-refractivity contribution >= 4 is 15.9 Å². The van der Waals surface area contributed by atoms with Crippen molar-refractivity contribution in [1.82, 2.24) is 0 Å². The molecule has 0 radical (unpaired) electrons. The van der Waals surface area contributed by atoms with E-state index in [4.69, 9.17) is 4.74 Å². The van der Waals surface area contributed by atoms with Gasteiger partial charge in [-0.25, -0.2) is 0 Å². The third-order valence-electron chi connectivity index (χ3n) is 9.48. The van der Waals surface area contributed by atoms with Gasteiger partial charge in [-0.2, -0.15) is 0 Å². The molecule has 3 heteroatoms. The van der Waals surface area contributed by atoms with Crippen LogP contribution in [0.3, 0.4) is 0 Å². The summed E-state index contributed by atoms with van der Waals surface area (Å²) < 4.78 is 6.03. The van der Waals surface area contributed by atoms with E-state index in [2.05, 4.69) is 29.8 Å². The van der Waals surface area contributed by atoms with Crippen molar-refractivity contribution in [3.8, 4) is 0 Å². The summed E-state index contributed by atoms with van der Waals surface area (Å²) in [6, 6.07) is 0. The molecule has 25 heavy (non-hydrogen) atoms. The molecule has 0 aromatic carbocycles. The third-order valence-corrected chi connectivity index (χ3v) is 10.1. The maximum absolute atomic E-state index is 10.5. The lowest BCUT2D eigenvalue weighted by atomic mass is 9.49. The van der Waals surface area contributed by atoms with Crippen LogP contribution in [0, 0.1) is 40.9 Å². The first-order valence-electron chi connectivity index (χ1n) is 10.9. The quantitative estimate of drug-likeness (QED) is 0.502. The van der Waals surface area contributed by atoms with Gasteiger partial charge in [0.25, 0.3) is 0 Å². The van der Waals surface area contributed by atoms with Gasteiger partial charge in [-0.05, 0) is 106 Å². The highest BCUT2D eigenvalue weighted by Gasteiger charge is 2.62. The Balaban J connectivity index is 1.34. The van der Waals surface area contributed by atoms with Gasteiger partial charge >= 0.3 is 0 Å². The maximum Gasteiger partial charge on any atom is 0.0941 e. The number of ether oxygens (including phenoxy) is 1. The second-order valence-corrected chi connectivity index (χ2v) is 11.3. The van der Waals surface area contributed by atoms with E-state index in [0.29, 0.717) is 17.6 Å². The van der Waals surface area contributed by atoms with Crippen molar-refractivity contribution in [3.63, 3.8) is 0 Å². The lowest BCUT2D eigenvalue weighted by Crippen LogP contribution is -2.50. The number of fused-ring (bicyclic) bond motifs is 5. The number of halogens is 1. The first-order valence-corrected chi connectivity index (χ1v) is 12.0. The average Bonchev–Trinajstić information content (AvgIpc) is 3.26.